The smallest absolute Gasteiger partial charge is 0.219 e. The second kappa shape index (κ2) is 4.58. The van der Waals surface area contributed by atoms with Crippen LogP contribution in [0.5, 0.6) is 0 Å². The summed E-state index contributed by atoms with van der Waals surface area (Å²) in [5.74, 6) is 0.217. The van der Waals surface area contributed by atoms with Gasteiger partial charge in [-0.15, -0.1) is 0 Å². The molecule has 17 heavy (non-hydrogen) atoms. The van der Waals surface area contributed by atoms with Crippen LogP contribution in [0.15, 0.2) is 0 Å². The monoisotopic (exact) mass is 239 g/mol. The lowest BCUT2D eigenvalue weighted by molar-refractivity contribution is -0.137. The number of nitrogens with zero attached hydrogens (tertiary/aromatic N) is 3. The highest BCUT2D eigenvalue weighted by atomic mass is 16.2. The number of amides is 1. The number of carbonyl (C=O) groups is 1. The summed E-state index contributed by atoms with van der Waals surface area (Å²) >= 11 is 0. The van der Waals surface area contributed by atoms with E-state index in [9.17, 15) is 4.79 Å². The molecule has 2 aliphatic rings. The van der Waals surface area contributed by atoms with Gasteiger partial charge in [0.1, 0.15) is 0 Å². The van der Waals surface area contributed by atoms with E-state index in [-0.39, 0.29) is 11.4 Å². The number of carbonyl (C=O) groups excluding carboxylic acids is 1. The molecule has 0 aromatic heterocycles. The Balaban J connectivity index is 1.76. The van der Waals surface area contributed by atoms with Crippen molar-refractivity contribution in [3.8, 4) is 0 Å². The molecule has 0 spiro atoms. The molecule has 0 saturated carbocycles. The van der Waals surface area contributed by atoms with E-state index in [1.54, 1.807) is 6.92 Å². The molecule has 2 heterocycles. The molecule has 4 heteroatoms. The fourth-order valence-electron chi connectivity index (χ4n) is 2.70. The van der Waals surface area contributed by atoms with Crippen LogP contribution in [0, 0.1) is 0 Å². The van der Waals surface area contributed by atoms with Gasteiger partial charge in [0.15, 0.2) is 0 Å². The molecule has 0 aromatic carbocycles. The number of piperazine rings is 1. The van der Waals surface area contributed by atoms with Crippen molar-refractivity contribution in [3.63, 3.8) is 0 Å². The Labute approximate surface area is 105 Å². The van der Waals surface area contributed by atoms with Crippen molar-refractivity contribution in [2.45, 2.75) is 39.3 Å². The Hall–Kier alpha value is -0.610. The first-order valence-corrected chi connectivity index (χ1v) is 6.62. The molecule has 0 bridgehead atoms. The van der Waals surface area contributed by atoms with Crippen molar-refractivity contribution in [2.24, 2.45) is 0 Å². The first kappa shape index (κ1) is 12.8. The lowest BCUT2D eigenvalue weighted by Gasteiger charge is -2.49. The fourth-order valence-corrected chi connectivity index (χ4v) is 2.70. The average Bonchev–Trinajstić information content (AvgIpc) is 2.14. The zero-order valence-corrected chi connectivity index (χ0v) is 11.6. The number of hydrogen-bond donors (Lipinski definition) is 0. The summed E-state index contributed by atoms with van der Waals surface area (Å²) in [6.07, 6.45) is 0. The molecule has 2 aliphatic heterocycles. The van der Waals surface area contributed by atoms with E-state index in [1.807, 2.05) is 4.90 Å². The average molecular weight is 239 g/mol. The van der Waals surface area contributed by atoms with Gasteiger partial charge in [0, 0.05) is 57.8 Å². The molecule has 2 rings (SSSR count). The van der Waals surface area contributed by atoms with Crippen LogP contribution in [-0.2, 0) is 4.79 Å². The number of hydrogen-bond acceptors (Lipinski definition) is 3. The van der Waals surface area contributed by atoms with Crippen molar-refractivity contribution in [3.05, 3.63) is 0 Å². The standard InChI is InChI=1S/C13H25N3O/c1-11(17)15-9-12(10-15)14-5-7-16(8-6-14)13(2,3)4/h12H,5-10H2,1-4H3. The Kier molecular flexibility index (Phi) is 3.46. The summed E-state index contributed by atoms with van der Waals surface area (Å²) in [6, 6.07) is 0.612. The van der Waals surface area contributed by atoms with Gasteiger partial charge in [0.05, 0.1) is 0 Å². The Morgan fingerprint density at radius 1 is 1.06 bits per heavy atom. The highest BCUT2D eigenvalue weighted by Gasteiger charge is 2.35. The molecular weight excluding hydrogens is 214 g/mol. The molecule has 4 nitrogen and oxygen atoms in total. The predicted molar refractivity (Wildman–Crippen MR) is 68.9 cm³/mol. The topological polar surface area (TPSA) is 26.8 Å². The minimum atomic E-state index is 0.217. The Bertz CT molecular complexity index is 284. The maximum atomic E-state index is 11.1. The summed E-state index contributed by atoms with van der Waals surface area (Å²) in [5.41, 5.74) is 0.289. The van der Waals surface area contributed by atoms with Crippen LogP contribution < -0.4 is 0 Å². The molecule has 0 aliphatic carbocycles. The van der Waals surface area contributed by atoms with Crippen molar-refractivity contribution in [1.29, 1.82) is 0 Å². The molecule has 0 aromatic rings. The van der Waals surface area contributed by atoms with Crippen molar-refractivity contribution in [2.75, 3.05) is 39.3 Å². The van der Waals surface area contributed by atoms with E-state index in [2.05, 4.69) is 30.6 Å². The van der Waals surface area contributed by atoms with Gasteiger partial charge >= 0.3 is 0 Å². The maximum absolute atomic E-state index is 11.1. The van der Waals surface area contributed by atoms with Crippen LogP contribution in [0.25, 0.3) is 0 Å². The van der Waals surface area contributed by atoms with Gasteiger partial charge < -0.3 is 4.90 Å². The molecule has 2 fully saturated rings. The lowest BCUT2D eigenvalue weighted by Crippen LogP contribution is -2.65. The van der Waals surface area contributed by atoms with Gasteiger partial charge in [-0.3, -0.25) is 14.6 Å². The third-order valence-electron chi connectivity index (χ3n) is 4.09. The third kappa shape index (κ3) is 2.80. The maximum Gasteiger partial charge on any atom is 0.219 e. The summed E-state index contributed by atoms with van der Waals surface area (Å²) < 4.78 is 0. The fraction of sp³-hybridized carbons (Fsp3) is 0.923. The van der Waals surface area contributed by atoms with Gasteiger partial charge in [-0.25, -0.2) is 0 Å². The van der Waals surface area contributed by atoms with Crippen molar-refractivity contribution >= 4 is 5.91 Å². The first-order chi connectivity index (χ1) is 7.88. The first-order valence-electron chi connectivity index (χ1n) is 6.62. The van der Waals surface area contributed by atoms with E-state index in [0.29, 0.717) is 6.04 Å². The molecule has 0 radical (unpaired) electrons. The second-order valence-corrected chi connectivity index (χ2v) is 6.27. The van der Waals surface area contributed by atoms with Crippen LogP contribution >= 0.6 is 0 Å². The van der Waals surface area contributed by atoms with E-state index in [0.717, 1.165) is 39.3 Å². The van der Waals surface area contributed by atoms with Gasteiger partial charge in [0.25, 0.3) is 0 Å². The number of rotatable bonds is 1. The van der Waals surface area contributed by atoms with E-state index >= 15 is 0 Å². The number of likely N-dealkylation sites (tertiary alicyclic amines) is 1. The quantitative estimate of drug-likeness (QED) is 0.671. The summed E-state index contributed by atoms with van der Waals surface area (Å²) in [5, 5.41) is 0. The van der Waals surface area contributed by atoms with Crippen LogP contribution in [0.3, 0.4) is 0 Å². The van der Waals surface area contributed by atoms with Gasteiger partial charge in [-0.1, -0.05) is 0 Å². The Morgan fingerprint density at radius 3 is 2.00 bits per heavy atom. The van der Waals surface area contributed by atoms with Crippen LogP contribution in [0.1, 0.15) is 27.7 Å². The van der Waals surface area contributed by atoms with Gasteiger partial charge in [-0.2, -0.15) is 0 Å². The summed E-state index contributed by atoms with van der Waals surface area (Å²) in [4.78, 5) is 18.2. The molecule has 1 amide bonds. The van der Waals surface area contributed by atoms with Crippen LogP contribution in [-0.4, -0.2) is 71.5 Å². The summed E-state index contributed by atoms with van der Waals surface area (Å²) in [6.45, 7) is 15.0. The largest absolute Gasteiger partial charge is 0.340 e. The normalized spacial score (nSPS) is 24.8. The zero-order chi connectivity index (χ0) is 12.6. The third-order valence-corrected chi connectivity index (χ3v) is 4.09. The zero-order valence-electron chi connectivity index (χ0n) is 11.6. The van der Waals surface area contributed by atoms with E-state index < -0.39 is 0 Å². The van der Waals surface area contributed by atoms with Gasteiger partial charge in [-0.05, 0) is 20.8 Å². The van der Waals surface area contributed by atoms with E-state index in [1.165, 1.54) is 0 Å². The van der Waals surface area contributed by atoms with Crippen molar-refractivity contribution < 1.29 is 4.79 Å². The van der Waals surface area contributed by atoms with Crippen LogP contribution in [0.4, 0.5) is 0 Å². The van der Waals surface area contributed by atoms with E-state index in [4.69, 9.17) is 0 Å². The minimum Gasteiger partial charge on any atom is -0.340 e. The second-order valence-electron chi connectivity index (χ2n) is 6.27. The predicted octanol–water partition coefficient (Wildman–Crippen LogP) is 0.633. The molecule has 0 atom stereocenters. The molecular formula is C13H25N3O. The lowest BCUT2D eigenvalue weighted by atomic mass is 10.0. The molecule has 2 saturated heterocycles. The molecule has 98 valence electrons. The van der Waals surface area contributed by atoms with Gasteiger partial charge in [0.2, 0.25) is 5.91 Å². The van der Waals surface area contributed by atoms with Crippen LogP contribution in [0.2, 0.25) is 0 Å². The Morgan fingerprint density at radius 2 is 1.59 bits per heavy atom. The molecule has 0 N–H and O–H groups in total. The summed E-state index contributed by atoms with van der Waals surface area (Å²) in [7, 11) is 0. The minimum absolute atomic E-state index is 0.217. The van der Waals surface area contributed by atoms with Crippen molar-refractivity contribution in [1.82, 2.24) is 14.7 Å². The SMILES string of the molecule is CC(=O)N1CC(N2CCN(C(C)(C)C)CC2)C1. The highest BCUT2D eigenvalue weighted by molar-refractivity contribution is 5.74. The highest BCUT2D eigenvalue weighted by Crippen LogP contribution is 2.20. The molecule has 0 unspecified atom stereocenters.